The second-order valence-electron chi connectivity index (χ2n) is 4.44. The number of rotatable bonds is 7. The smallest absolute Gasteiger partial charge is 0.326 e. The molecular formula is C13H21NO4. The second-order valence-corrected chi connectivity index (χ2v) is 4.44. The molecule has 0 aromatic rings. The second kappa shape index (κ2) is 7.87. The van der Waals surface area contributed by atoms with Crippen LogP contribution in [0.25, 0.3) is 0 Å². The lowest BCUT2D eigenvalue weighted by Crippen LogP contribution is -2.40. The van der Waals surface area contributed by atoms with Gasteiger partial charge in [0, 0.05) is 13.0 Å². The lowest BCUT2D eigenvalue weighted by molar-refractivity contribution is -0.141. The SMILES string of the molecule is C/C=C/CC(NC(=O)CCC1CCCO1)C(=O)O. The fourth-order valence-corrected chi connectivity index (χ4v) is 1.92. The van der Waals surface area contributed by atoms with Crippen molar-refractivity contribution >= 4 is 11.9 Å². The number of carboxylic acid groups (broad SMARTS) is 1. The van der Waals surface area contributed by atoms with Gasteiger partial charge in [-0.05, 0) is 32.6 Å². The number of amides is 1. The average molecular weight is 255 g/mol. The molecule has 1 saturated heterocycles. The summed E-state index contributed by atoms with van der Waals surface area (Å²) in [5, 5.41) is 11.5. The molecule has 1 fully saturated rings. The van der Waals surface area contributed by atoms with Gasteiger partial charge in [-0.1, -0.05) is 12.2 Å². The molecule has 0 aromatic carbocycles. The third-order valence-corrected chi connectivity index (χ3v) is 2.96. The first-order chi connectivity index (χ1) is 8.63. The largest absolute Gasteiger partial charge is 0.480 e. The Morgan fingerprint density at radius 3 is 2.89 bits per heavy atom. The van der Waals surface area contributed by atoms with Gasteiger partial charge in [-0.25, -0.2) is 4.79 Å². The molecule has 5 heteroatoms. The predicted molar refractivity (Wildman–Crippen MR) is 67.2 cm³/mol. The van der Waals surface area contributed by atoms with E-state index in [1.54, 1.807) is 12.2 Å². The van der Waals surface area contributed by atoms with E-state index in [9.17, 15) is 9.59 Å². The van der Waals surface area contributed by atoms with E-state index in [-0.39, 0.29) is 12.0 Å². The van der Waals surface area contributed by atoms with Gasteiger partial charge in [-0.3, -0.25) is 4.79 Å². The van der Waals surface area contributed by atoms with Crippen LogP contribution in [-0.4, -0.2) is 35.7 Å². The molecular weight excluding hydrogens is 234 g/mol. The number of aliphatic carboxylic acids is 1. The Morgan fingerprint density at radius 2 is 2.33 bits per heavy atom. The summed E-state index contributed by atoms with van der Waals surface area (Å²) < 4.78 is 5.41. The first-order valence-corrected chi connectivity index (χ1v) is 6.38. The normalized spacial score (nSPS) is 21.1. The molecule has 1 aliphatic heterocycles. The summed E-state index contributed by atoms with van der Waals surface area (Å²) in [6, 6.07) is -0.835. The van der Waals surface area contributed by atoms with Crippen LogP contribution in [0, 0.1) is 0 Å². The zero-order chi connectivity index (χ0) is 13.4. The van der Waals surface area contributed by atoms with Gasteiger partial charge in [0.2, 0.25) is 5.91 Å². The Kier molecular flexibility index (Phi) is 6.43. The van der Waals surface area contributed by atoms with Crippen molar-refractivity contribution < 1.29 is 19.4 Å². The van der Waals surface area contributed by atoms with Gasteiger partial charge in [0.05, 0.1) is 6.10 Å². The van der Waals surface area contributed by atoms with Gasteiger partial charge in [0.15, 0.2) is 0 Å². The first-order valence-electron chi connectivity index (χ1n) is 6.38. The molecule has 0 aliphatic carbocycles. The molecule has 102 valence electrons. The molecule has 0 bridgehead atoms. The Balaban J connectivity index is 2.28. The minimum absolute atomic E-state index is 0.162. The highest BCUT2D eigenvalue weighted by atomic mass is 16.5. The van der Waals surface area contributed by atoms with Crippen molar-refractivity contribution in [2.45, 2.75) is 51.2 Å². The highest BCUT2D eigenvalue weighted by Crippen LogP contribution is 2.16. The van der Waals surface area contributed by atoms with Crippen molar-refractivity contribution in [2.75, 3.05) is 6.61 Å². The van der Waals surface area contributed by atoms with Crippen LogP contribution in [0.1, 0.15) is 39.0 Å². The van der Waals surface area contributed by atoms with Crippen LogP contribution in [0.3, 0.4) is 0 Å². The van der Waals surface area contributed by atoms with Crippen LogP contribution in [0.15, 0.2) is 12.2 Å². The molecule has 0 aromatic heterocycles. The number of hydrogen-bond acceptors (Lipinski definition) is 3. The maximum atomic E-state index is 11.6. The van der Waals surface area contributed by atoms with Crippen LogP contribution in [-0.2, 0) is 14.3 Å². The van der Waals surface area contributed by atoms with Crippen LogP contribution < -0.4 is 5.32 Å². The van der Waals surface area contributed by atoms with Crippen LogP contribution in [0.2, 0.25) is 0 Å². The molecule has 1 rings (SSSR count). The van der Waals surface area contributed by atoms with Crippen LogP contribution in [0.5, 0.6) is 0 Å². The van der Waals surface area contributed by atoms with E-state index in [0.717, 1.165) is 19.4 Å². The maximum absolute atomic E-state index is 11.6. The molecule has 0 radical (unpaired) electrons. The number of nitrogens with one attached hydrogen (secondary N) is 1. The molecule has 1 heterocycles. The highest BCUT2D eigenvalue weighted by molar-refractivity contribution is 5.83. The predicted octanol–water partition coefficient (Wildman–Crippen LogP) is 1.48. The summed E-state index contributed by atoms with van der Waals surface area (Å²) in [7, 11) is 0. The van der Waals surface area contributed by atoms with Gasteiger partial charge in [0.25, 0.3) is 0 Å². The van der Waals surface area contributed by atoms with E-state index in [0.29, 0.717) is 19.3 Å². The standard InChI is InChI=1S/C13H21NO4/c1-2-3-6-11(13(16)17)14-12(15)8-7-10-5-4-9-18-10/h2-3,10-11H,4-9H2,1H3,(H,14,15)(H,16,17)/b3-2+. The monoisotopic (exact) mass is 255 g/mol. The number of allylic oxidation sites excluding steroid dienone is 1. The van der Waals surface area contributed by atoms with E-state index in [4.69, 9.17) is 9.84 Å². The lowest BCUT2D eigenvalue weighted by atomic mass is 10.1. The summed E-state index contributed by atoms with van der Waals surface area (Å²) in [6.07, 6.45) is 7.02. The molecule has 0 saturated carbocycles. The summed E-state index contributed by atoms with van der Waals surface area (Å²) in [5.41, 5.74) is 0. The van der Waals surface area contributed by atoms with Gasteiger partial charge in [-0.15, -0.1) is 0 Å². The third kappa shape index (κ3) is 5.31. The Hall–Kier alpha value is -1.36. The zero-order valence-electron chi connectivity index (χ0n) is 10.7. The van der Waals surface area contributed by atoms with Crippen molar-refractivity contribution in [1.29, 1.82) is 0 Å². The van der Waals surface area contributed by atoms with E-state index < -0.39 is 12.0 Å². The summed E-state index contributed by atoms with van der Waals surface area (Å²) in [6.45, 7) is 2.59. The fourth-order valence-electron chi connectivity index (χ4n) is 1.92. The highest BCUT2D eigenvalue weighted by Gasteiger charge is 2.20. The van der Waals surface area contributed by atoms with Gasteiger partial charge >= 0.3 is 5.97 Å². The van der Waals surface area contributed by atoms with E-state index >= 15 is 0 Å². The Labute approximate surface area is 107 Å². The molecule has 2 unspecified atom stereocenters. The minimum atomic E-state index is -1.00. The molecule has 5 nitrogen and oxygen atoms in total. The number of hydrogen-bond donors (Lipinski definition) is 2. The Morgan fingerprint density at radius 1 is 1.56 bits per heavy atom. The van der Waals surface area contributed by atoms with Crippen LogP contribution in [0.4, 0.5) is 0 Å². The van der Waals surface area contributed by atoms with Crippen molar-refractivity contribution in [2.24, 2.45) is 0 Å². The third-order valence-electron chi connectivity index (χ3n) is 2.96. The van der Waals surface area contributed by atoms with Crippen molar-refractivity contribution in [3.63, 3.8) is 0 Å². The topological polar surface area (TPSA) is 75.6 Å². The number of carboxylic acids is 1. The maximum Gasteiger partial charge on any atom is 0.326 e. The fraction of sp³-hybridized carbons (Fsp3) is 0.692. The van der Waals surface area contributed by atoms with Crippen molar-refractivity contribution in [3.8, 4) is 0 Å². The average Bonchev–Trinajstić information content (AvgIpc) is 2.84. The molecule has 2 atom stereocenters. The Bertz CT molecular complexity index is 308. The van der Waals surface area contributed by atoms with Gasteiger partial charge in [-0.2, -0.15) is 0 Å². The van der Waals surface area contributed by atoms with Crippen molar-refractivity contribution in [1.82, 2.24) is 5.32 Å². The lowest BCUT2D eigenvalue weighted by Gasteiger charge is -2.14. The number of carbonyl (C=O) groups excluding carboxylic acids is 1. The minimum Gasteiger partial charge on any atom is -0.480 e. The molecule has 2 N–H and O–H groups in total. The van der Waals surface area contributed by atoms with E-state index in [2.05, 4.69) is 5.32 Å². The summed E-state index contributed by atoms with van der Waals surface area (Å²) in [5.74, 6) is -1.22. The number of ether oxygens (including phenoxy) is 1. The van der Waals surface area contributed by atoms with Gasteiger partial charge in [0.1, 0.15) is 6.04 Å². The zero-order valence-corrected chi connectivity index (χ0v) is 10.7. The van der Waals surface area contributed by atoms with Crippen molar-refractivity contribution in [3.05, 3.63) is 12.2 Å². The summed E-state index contributed by atoms with van der Waals surface area (Å²) >= 11 is 0. The number of carbonyl (C=O) groups is 2. The molecule has 18 heavy (non-hydrogen) atoms. The molecule has 0 spiro atoms. The first kappa shape index (κ1) is 14.7. The quantitative estimate of drug-likeness (QED) is 0.676. The van der Waals surface area contributed by atoms with Crippen LogP contribution >= 0.6 is 0 Å². The van der Waals surface area contributed by atoms with Gasteiger partial charge < -0.3 is 15.2 Å². The summed E-state index contributed by atoms with van der Waals surface area (Å²) in [4.78, 5) is 22.6. The van der Waals surface area contributed by atoms with E-state index in [1.165, 1.54) is 0 Å². The van der Waals surface area contributed by atoms with E-state index in [1.807, 2.05) is 6.92 Å². The molecule has 1 amide bonds. The molecule has 1 aliphatic rings.